The van der Waals surface area contributed by atoms with Gasteiger partial charge in [-0.15, -0.1) is 0 Å². The van der Waals surface area contributed by atoms with E-state index >= 15 is 0 Å². The second-order valence-corrected chi connectivity index (χ2v) is 4.36. The molecule has 1 aromatic heterocycles. The van der Waals surface area contributed by atoms with Crippen molar-refractivity contribution in [2.75, 3.05) is 20.8 Å². The molecule has 1 N–H and O–H groups in total. The first-order valence-electron chi connectivity index (χ1n) is 6.47. The molecule has 1 atom stereocenters. The van der Waals surface area contributed by atoms with Crippen molar-refractivity contribution in [2.24, 2.45) is 0 Å². The van der Waals surface area contributed by atoms with Crippen molar-refractivity contribution in [1.82, 2.24) is 10.3 Å². The third kappa shape index (κ3) is 3.45. The smallest absolute Gasteiger partial charge is 0.322 e. The van der Waals surface area contributed by atoms with Gasteiger partial charge in [-0.25, -0.2) is 0 Å². The molecule has 2 rings (SSSR count). The van der Waals surface area contributed by atoms with Crippen LogP contribution in [0, 0.1) is 0 Å². The standard InChI is InChI=1S/C15H18N2O3/c1-16-13(15(18)19-2)7-9-20-12-6-5-11-4-3-8-17-14(11)10-12/h3-6,8,10,13,16H,7,9H2,1-2H3. The molecule has 0 fully saturated rings. The van der Waals surface area contributed by atoms with Crippen LogP contribution in [0.5, 0.6) is 5.75 Å². The number of carbonyl (C=O) groups is 1. The minimum absolute atomic E-state index is 0.281. The number of nitrogens with one attached hydrogen (secondary N) is 1. The van der Waals surface area contributed by atoms with Crippen molar-refractivity contribution in [2.45, 2.75) is 12.5 Å². The van der Waals surface area contributed by atoms with Gasteiger partial charge in [0, 0.05) is 24.1 Å². The highest BCUT2D eigenvalue weighted by molar-refractivity contribution is 5.79. The number of carbonyl (C=O) groups excluding carboxylic acids is 1. The Kier molecular flexibility index (Phi) is 4.90. The fraction of sp³-hybridized carbons (Fsp3) is 0.333. The zero-order chi connectivity index (χ0) is 14.4. The van der Waals surface area contributed by atoms with Gasteiger partial charge in [-0.05, 0) is 25.2 Å². The van der Waals surface area contributed by atoms with E-state index in [4.69, 9.17) is 9.47 Å². The van der Waals surface area contributed by atoms with Gasteiger partial charge in [-0.1, -0.05) is 6.07 Å². The van der Waals surface area contributed by atoms with Crippen LogP contribution in [0.3, 0.4) is 0 Å². The number of hydrogen-bond donors (Lipinski definition) is 1. The predicted molar refractivity (Wildman–Crippen MR) is 76.7 cm³/mol. The molecule has 106 valence electrons. The van der Waals surface area contributed by atoms with Crippen LogP contribution in [0.4, 0.5) is 0 Å². The number of fused-ring (bicyclic) bond motifs is 1. The molecule has 0 radical (unpaired) electrons. The van der Waals surface area contributed by atoms with E-state index < -0.39 is 0 Å². The molecule has 0 bridgehead atoms. The van der Waals surface area contributed by atoms with Crippen LogP contribution < -0.4 is 10.1 Å². The molecule has 0 aliphatic rings. The van der Waals surface area contributed by atoms with Crippen LogP contribution in [0.2, 0.25) is 0 Å². The van der Waals surface area contributed by atoms with Crippen LogP contribution in [-0.4, -0.2) is 37.8 Å². The fourth-order valence-corrected chi connectivity index (χ4v) is 1.95. The number of nitrogens with zero attached hydrogens (tertiary/aromatic N) is 1. The average Bonchev–Trinajstić information content (AvgIpc) is 2.50. The fourth-order valence-electron chi connectivity index (χ4n) is 1.95. The summed E-state index contributed by atoms with van der Waals surface area (Å²) < 4.78 is 10.3. The molecule has 5 nitrogen and oxygen atoms in total. The Morgan fingerprint density at radius 3 is 3.00 bits per heavy atom. The summed E-state index contributed by atoms with van der Waals surface area (Å²) >= 11 is 0. The van der Waals surface area contributed by atoms with E-state index in [1.165, 1.54) is 7.11 Å². The average molecular weight is 274 g/mol. The van der Waals surface area contributed by atoms with Crippen molar-refractivity contribution < 1.29 is 14.3 Å². The van der Waals surface area contributed by atoms with Crippen LogP contribution >= 0.6 is 0 Å². The number of pyridine rings is 1. The van der Waals surface area contributed by atoms with E-state index in [2.05, 4.69) is 10.3 Å². The van der Waals surface area contributed by atoms with Crippen molar-refractivity contribution in [3.05, 3.63) is 36.5 Å². The lowest BCUT2D eigenvalue weighted by Crippen LogP contribution is -2.36. The van der Waals surface area contributed by atoms with E-state index in [1.54, 1.807) is 13.2 Å². The molecule has 0 saturated heterocycles. The van der Waals surface area contributed by atoms with Gasteiger partial charge in [0.2, 0.25) is 0 Å². The number of hydrogen-bond acceptors (Lipinski definition) is 5. The molecule has 0 aliphatic heterocycles. The lowest BCUT2D eigenvalue weighted by molar-refractivity contribution is -0.143. The van der Waals surface area contributed by atoms with Gasteiger partial charge in [0.15, 0.2) is 0 Å². The van der Waals surface area contributed by atoms with Gasteiger partial charge in [0.1, 0.15) is 11.8 Å². The van der Waals surface area contributed by atoms with E-state index in [-0.39, 0.29) is 12.0 Å². The summed E-state index contributed by atoms with van der Waals surface area (Å²) in [5.41, 5.74) is 0.892. The van der Waals surface area contributed by atoms with Crippen LogP contribution in [0.1, 0.15) is 6.42 Å². The summed E-state index contributed by atoms with van der Waals surface area (Å²) in [6, 6.07) is 9.31. The number of rotatable bonds is 6. The van der Waals surface area contributed by atoms with E-state index in [1.807, 2.05) is 30.3 Å². The second kappa shape index (κ2) is 6.86. The number of ether oxygens (including phenoxy) is 2. The summed E-state index contributed by atoms with van der Waals surface area (Å²) in [5.74, 6) is 0.465. The maximum absolute atomic E-state index is 11.4. The molecular weight excluding hydrogens is 256 g/mol. The van der Waals surface area contributed by atoms with E-state index in [9.17, 15) is 4.79 Å². The monoisotopic (exact) mass is 274 g/mol. The highest BCUT2D eigenvalue weighted by Gasteiger charge is 2.16. The largest absolute Gasteiger partial charge is 0.493 e. The van der Waals surface area contributed by atoms with Gasteiger partial charge >= 0.3 is 5.97 Å². The van der Waals surface area contributed by atoms with Gasteiger partial charge in [-0.3, -0.25) is 9.78 Å². The SMILES string of the molecule is CNC(CCOc1ccc2cccnc2c1)C(=O)OC. The zero-order valence-electron chi connectivity index (χ0n) is 11.6. The Morgan fingerprint density at radius 2 is 2.25 bits per heavy atom. The summed E-state index contributed by atoms with van der Waals surface area (Å²) in [7, 11) is 3.10. The summed E-state index contributed by atoms with van der Waals surface area (Å²) in [4.78, 5) is 15.7. The van der Waals surface area contributed by atoms with Crippen LogP contribution in [-0.2, 0) is 9.53 Å². The lowest BCUT2D eigenvalue weighted by atomic mass is 10.2. The molecule has 0 spiro atoms. The minimum Gasteiger partial charge on any atom is -0.493 e. The molecule has 1 aromatic carbocycles. The Hall–Kier alpha value is -2.14. The number of likely N-dealkylation sites (N-methyl/N-ethyl adjacent to an activating group) is 1. The van der Waals surface area contributed by atoms with Crippen molar-refractivity contribution in [1.29, 1.82) is 0 Å². The van der Waals surface area contributed by atoms with Gasteiger partial charge in [-0.2, -0.15) is 0 Å². The van der Waals surface area contributed by atoms with Crippen molar-refractivity contribution in [3.63, 3.8) is 0 Å². The lowest BCUT2D eigenvalue weighted by Gasteiger charge is -2.14. The summed E-state index contributed by atoms with van der Waals surface area (Å²) in [6.07, 6.45) is 2.30. The van der Waals surface area contributed by atoms with Gasteiger partial charge in [0.25, 0.3) is 0 Å². The maximum atomic E-state index is 11.4. The van der Waals surface area contributed by atoms with E-state index in [0.717, 1.165) is 16.7 Å². The Morgan fingerprint density at radius 1 is 1.40 bits per heavy atom. The topological polar surface area (TPSA) is 60.5 Å². The number of aromatic nitrogens is 1. The third-order valence-electron chi connectivity index (χ3n) is 3.09. The number of benzene rings is 1. The number of esters is 1. The molecule has 20 heavy (non-hydrogen) atoms. The summed E-state index contributed by atoms with van der Waals surface area (Å²) in [6.45, 7) is 0.430. The van der Waals surface area contributed by atoms with Crippen LogP contribution in [0.25, 0.3) is 10.9 Å². The molecule has 0 aliphatic carbocycles. The molecule has 1 unspecified atom stereocenters. The Balaban J connectivity index is 1.94. The molecule has 0 amide bonds. The highest BCUT2D eigenvalue weighted by atomic mass is 16.5. The van der Waals surface area contributed by atoms with E-state index in [0.29, 0.717) is 13.0 Å². The third-order valence-corrected chi connectivity index (χ3v) is 3.09. The number of methoxy groups -OCH3 is 1. The first-order valence-corrected chi connectivity index (χ1v) is 6.47. The molecule has 1 heterocycles. The molecule has 0 saturated carbocycles. The molecular formula is C15H18N2O3. The first kappa shape index (κ1) is 14.3. The summed E-state index contributed by atoms with van der Waals surface area (Å²) in [5, 5.41) is 3.97. The Bertz CT molecular complexity index is 586. The first-order chi connectivity index (χ1) is 9.74. The van der Waals surface area contributed by atoms with Gasteiger partial charge < -0.3 is 14.8 Å². The molecule has 2 aromatic rings. The normalized spacial score (nSPS) is 12.1. The van der Waals surface area contributed by atoms with Crippen molar-refractivity contribution >= 4 is 16.9 Å². The minimum atomic E-state index is -0.349. The predicted octanol–water partition coefficient (Wildman–Crippen LogP) is 1.76. The quantitative estimate of drug-likeness (QED) is 0.813. The Labute approximate surface area is 117 Å². The highest BCUT2D eigenvalue weighted by Crippen LogP contribution is 2.18. The van der Waals surface area contributed by atoms with Crippen molar-refractivity contribution in [3.8, 4) is 5.75 Å². The second-order valence-electron chi connectivity index (χ2n) is 4.36. The van der Waals surface area contributed by atoms with Gasteiger partial charge in [0.05, 0.1) is 19.2 Å². The molecule has 5 heteroatoms. The zero-order valence-corrected chi connectivity index (χ0v) is 11.6. The maximum Gasteiger partial charge on any atom is 0.322 e. The van der Waals surface area contributed by atoms with Crippen LogP contribution in [0.15, 0.2) is 36.5 Å².